The minimum absolute atomic E-state index is 0.144. The summed E-state index contributed by atoms with van der Waals surface area (Å²) in [6.07, 6.45) is 0. The molecule has 2 rings (SSSR count). The van der Waals surface area contributed by atoms with Crippen LogP contribution in [0.15, 0.2) is 27.1 Å². The Labute approximate surface area is 92.0 Å². The minimum Gasteiger partial charge on any atom is -0.461 e. The highest BCUT2D eigenvalue weighted by Crippen LogP contribution is 2.22. The molecule has 5 nitrogen and oxygen atoms in total. The maximum absolute atomic E-state index is 11.3. The van der Waals surface area contributed by atoms with Crippen LogP contribution in [0.5, 0.6) is 0 Å². The molecule has 0 atom stereocenters. The molecule has 0 amide bonds. The first-order valence-corrected chi connectivity index (χ1v) is 4.91. The van der Waals surface area contributed by atoms with E-state index in [1.807, 2.05) is 13.0 Å². The number of hydrogen-bond donors (Lipinski definition) is 0. The zero-order valence-electron chi connectivity index (χ0n) is 9.02. The molecule has 2 aromatic heterocycles. The van der Waals surface area contributed by atoms with Gasteiger partial charge in [-0.05, 0) is 26.0 Å². The minimum atomic E-state index is -0.499. The van der Waals surface area contributed by atoms with E-state index in [-0.39, 0.29) is 5.69 Å². The number of aromatic nitrogens is 1. The van der Waals surface area contributed by atoms with Crippen LogP contribution in [0.4, 0.5) is 0 Å². The van der Waals surface area contributed by atoms with E-state index in [1.54, 1.807) is 13.0 Å². The molecule has 5 heteroatoms. The lowest BCUT2D eigenvalue weighted by Gasteiger charge is -1.94. The molecule has 0 radical (unpaired) electrons. The first kappa shape index (κ1) is 10.5. The van der Waals surface area contributed by atoms with Crippen LogP contribution in [-0.2, 0) is 4.74 Å². The van der Waals surface area contributed by atoms with E-state index < -0.39 is 5.97 Å². The van der Waals surface area contributed by atoms with Gasteiger partial charge in [0.05, 0.1) is 6.61 Å². The van der Waals surface area contributed by atoms with Gasteiger partial charge in [0.15, 0.2) is 11.5 Å². The normalized spacial score (nSPS) is 10.4. The molecule has 0 aliphatic rings. The first-order valence-electron chi connectivity index (χ1n) is 4.91. The van der Waals surface area contributed by atoms with Gasteiger partial charge >= 0.3 is 5.97 Å². The predicted molar refractivity (Wildman–Crippen MR) is 54.9 cm³/mol. The van der Waals surface area contributed by atoms with Crippen LogP contribution in [-0.4, -0.2) is 17.7 Å². The smallest absolute Gasteiger partial charge is 0.360 e. The summed E-state index contributed by atoms with van der Waals surface area (Å²) < 4.78 is 15.1. The van der Waals surface area contributed by atoms with Gasteiger partial charge in [-0.1, -0.05) is 5.16 Å². The highest BCUT2D eigenvalue weighted by Gasteiger charge is 2.16. The number of hydrogen-bond acceptors (Lipinski definition) is 5. The maximum atomic E-state index is 11.3. The van der Waals surface area contributed by atoms with Crippen LogP contribution in [0.25, 0.3) is 11.5 Å². The lowest BCUT2D eigenvalue weighted by atomic mass is 10.3. The Balaban J connectivity index is 2.22. The van der Waals surface area contributed by atoms with Gasteiger partial charge in [-0.25, -0.2) is 4.79 Å². The number of aryl methyl sites for hydroxylation is 1. The second-order valence-electron chi connectivity index (χ2n) is 3.21. The van der Waals surface area contributed by atoms with Gasteiger partial charge in [-0.3, -0.25) is 0 Å². The summed E-state index contributed by atoms with van der Waals surface area (Å²) in [7, 11) is 0. The molecule has 16 heavy (non-hydrogen) atoms. The van der Waals surface area contributed by atoms with Gasteiger partial charge in [-0.15, -0.1) is 0 Å². The van der Waals surface area contributed by atoms with E-state index in [2.05, 4.69) is 5.16 Å². The van der Waals surface area contributed by atoms with Gasteiger partial charge in [0.1, 0.15) is 5.76 Å². The molecular formula is C11H11NO4. The van der Waals surface area contributed by atoms with Crippen molar-refractivity contribution in [3.63, 3.8) is 0 Å². The number of furan rings is 1. The number of carbonyl (C=O) groups excluding carboxylic acids is 1. The monoisotopic (exact) mass is 221 g/mol. The van der Waals surface area contributed by atoms with E-state index in [9.17, 15) is 4.79 Å². The summed E-state index contributed by atoms with van der Waals surface area (Å²) >= 11 is 0. The highest BCUT2D eigenvalue weighted by molar-refractivity contribution is 5.88. The summed E-state index contributed by atoms with van der Waals surface area (Å²) in [5.74, 6) is 1.22. The molecule has 0 unspecified atom stereocenters. The number of rotatable bonds is 3. The number of nitrogens with zero attached hydrogens (tertiary/aromatic N) is 1. The van der Waals surface area contributed by atoms with Gasteiger partial charge < -0.3 is 13.7 Å². The Kier molecular flexibility index (Phi) is 2.76. The average molecular weight is 221 g/mol. The molecular weight excluding hydrogens is 210 g/mol. The molecule has 2 aromatic rings. The molecule has 0 spiro atoms. The summed E-state index contributed by atoms with van der Waals surface area (Å²) in [6, 6.07) is 5.06. The van der Waals surface area contributed by atoms with Crippen molar-refractivity contribution in [3.8, 4) is 11.5 Å². The molecule has 0 saturated carbocycles. The summed E-state index contributed by atoms with van der Waals surface area (Å²) in [5, 5.41) is 3.61. The quantitative estimate of drug-likeness (QED) is 0.744. The Bertz CT molecular complexity index is 498. The van der Waals surface area contributed by atoms with E-state index in [4.69, 9.17) is 13.7 Å². The zero-order chi connectivity index (χ0) is 11.5. The topological polar surface area (TPSA) is 65.5 Å². The fourth-order valence-electron chi connectivity index (χ4n) is 1.26. The zero-order valence-corrected chi connectivity index (χ0v) is 9.02. The van der Waals surface area contributed by atoms with Crippen LogP contribution in [0.1, 0.15) is 23.2 Å². The van der Waals surface area contributed by atoms with Crippen LogP contribution in [0.2, 0.25) is 0 Å². The number of esters is 1. The SMILES string of the molecule is CCOC(=O)c1cc(-c2ccc(C)o2)on1. The van der Waals surface area contributed by atoms with E-state index in [0.29, 0.717) is 18.1 Å². The Morgan fingerprint density at radius 2 is 2.25 bits per heavy atom. The average Bonchev–Trinajstić information content (AvgIpc) is 2.85. The molecule has 84 valence electrons. The Morgan fingerprint density at radius 1 is 1.44 bits per heavy atom. The third-order valence-corrected chi connectivity index (χ3v) is 1.98. The lowest BCUT2D eigenvalue weighted by molar-refractivity contribution is 0.0514. The van der Waals surface area contributed by atoms with Gasteiger partial charge in [0.2, 0.25) is 5.76 Å². The van der Waals surface area contributed by atoms with Crippen LogP contribution >= 0.6 is 0 Å². The predicted octanol–water partition coefficient (Wildman–Crippen LogP) is 2.42. The van der Waals surface area contributed by atoms with Crippen molar-refractivity contribution in [1.29, 1.82) is 0 Å². The van der Waals surface area contributed by atoms with Crippen molar-refractivity contribution in [2.75, 3.05) is 6.61 Å². The van der Waals surface area contributed by atoms with E-state index in [1.165, 1.54) is 6.07 Å². The fourth-order valence-corrected chi connectivity index (χ4v) is 1.26. The van der Waals surface area contributed by atoms with Crippen molar-refractivity contribution in [1.82, 2.24) is 5.16 Å². The molecule has 0 N–H and O–H groups in total. The molecule has 0 aliphatic carbocycles. The van der Waals surface area contributed by atoms with E-state index in [0.717, 1.165) is 5.76 Å². The second-order valence-corrected chi connectivity index (χ2v) is 3.21. The first-order chi connectivity index (χ1) is 7.70. The van der Waals surface area contributed by atoms with Crippen molar-refractivity contribution in [2.45, 2.75) is 13.8 Å². The third kappa shape index (κ3) is 1.98. The second kappa shape index (κ2) is 4.22. The van der Waals surface area contributed by atoms with Gasteiger partial charge in [-0.2, -0.15) is 0 Å². The molecule has 0 bridgehead atoms. The lowest BCUT2D eigenvalue weighted by Crippen LogP contribution is -2.04. The number of carbonyl (C=O) groups is 1. The summed E-state index contributed by atoms with van der Waals surface area (Å²) in [4.78, 5) is 11.3. The maximum Gasteiger partial charge on any atom is 0.360 e. The summed E-state index contributed by atoms with van der Waals surface area (Å²) in [5.41, 5.74) is 0.144. The van der Waals surface area contributed by atoms with Crippen molar-refractivity contribution < 1.29 is 18.5 Å². The van der Waals surface area contributed by atoms with Gasteiger partial charge in [0, 0.05) is 6.07 Å². The molecule has 0 aliphatic heterocycles. The highest BCUT2D eigenvalue weighted by atomic mass is 16.5. The van der Waals surface area contributed by atoms with Crippen molar-refractivity contribution in [3.05, 3.63) is 29.7 Å². The van der Waals surface area contributed by atoms with Crippen LogP contribution < -0.4 is 0 Å². The largest absolute Gasteiger partial charge is 0.461 e. The van der Waals surface area contributed by atoms with Crippen LogP contribution in [0.3, 0.4) is 0 Å². The number of ether oxygens (including phenoxy) is 1. The summed E-state index contributed by atoms with van der Waals surface area (Å²) in [6.45, 7) is 3.86. The Morgan fingerprint density at radius 3 is 2.88 bits per heavy atom. The van der Waals surface area contributed by atoms with E-state index >= 15 is 0 Å². The van der Waals surface area contributed by atoms with Crippen LogP contribution in [0, 0.1) is 6.92 Å². The third-order valence-electron chi connectivity index (χ3n) is 1.98. The molecule has 0 fully saturated rings. The van der Waals surface area contributed by atoms with Gasteiger partial charge in [0.25, 0.3) is 0 Å². The standard InChI is InChI=1S/C11H11NO4/c1-3-14-11(13)8-6-10(16-12-8)9-5-4-7(2)15-9/h4-6H,3H2,1-2H3. The fraction of sp³-hybridized carbons (Fsp3) is 0.273. The molecule has 0 aromatic carbocycles. The Hall–Kier alpha value is -2.04. The molecule has 2 heterocycles. The molecule has 0 saturated heterocycles. The van der Waals surface area contributed by atoms with Crippen molar-refractivity contribution in [2.24, 2.45) is 0 Å². The van der Waals surface area contributed by atoms with Crippen molar-refractivity contribution >= 4 is 5.97 Å².